The van der Waals surface area contributed by atoms with Crippen molar-refractivity contribution in [3.63, 3.8) is 0 Å². The Labute approximate surface area is 243 Å². The molecule has 1 aromatic carbocycles. The van der Waals surface area contributed by atoms with Crippen molar-refractivity contribution in [2.45, 2.75) is 63.7 Å². The zero-order valence-electron chi connectivity index (χ0n) is 23.7. The fourth-order valence-corrected chi connectivity index (χ4v) is 4.48. The number of carboxylic acid groups (broad SMARTS) is 1. The van der Waals surface area contributed by atoms with E-state index in [2.05, 4.69) is 20.4 Å². The Bertz CT molecular complexity index is 1310. The highest BCUT2D eigenvalue weighted by atomic mass is 16.7. The number of benzene rings is 1. The van der Waals surface area contributed by atoms with Crippen molar-refractivity contribution < 1.29 is 48.2 Å². The van der Waals surface area contributed by atoms with E-state index in [0.29, 0.717) is 5.69 Å². The van der Waals surface area contributed by atoms with Crippen molar-refractivity contribution in [3.05, 3.63) is 54.2 Å². The molecule has 0 radical (unpaired) electrons. The second-order valence-electron chi connectivity index (χ2n) is 10.4. The third kappa shape index (κ3) is 8.14. The number of hydrogen-bond acceptors (Lipinski definition) is 10. The molecule has 1 unspecified atom stereocenters. The first-order valence-electron chi connectivity index (χ1n) is 13.3. The lowest BCUT2D eigenvalue weighted by atomic mass is 9.73. The van der Waals surface area contributed by atoms with Gasteiger partial charge < -0.3 is 34.9 Å². The highest BCUT2D eigenvalue weighted by Crippen LogP contribution is 2.33. The maximum Gasteiger partial charge on any atom is 0.552 e. The third-order valence-electron chi connectivity index (χ3n) is 6.52. The molecule has 224 valence electrons. The molecular formula is C28H34BN3O10. The average molecular weight is 583 g/mol. The monoisotopic (exact) mass is 583 g/mol. The lowest BCUT2D eigenvalue weighted by molar-refractivity contribution is -0.159. The maximum absolute atomic E-state index is 13.4. The van der Waals surface area contributed by atoms with E-state index in [9.17, 15) is 34.2 Å². The summed E-state index contributed by atoms with van der Waals surface area (Å²) >= 11 is 0. The number of pyridine rings is 1. The molecule has 1 aliphatic heterocycles. The number of carboxylic acids is 1. The number of methoxy groups -OCH3 is 1. The first-order chi connectivity index (χ1) is 19.8. The molecule has 4 N–H and O–H groups in total. The zero-order chi connectivity index (χ0) is 31.0. The van der Waals surface area contributed by atoms with Crippen molar-refractivity contribution in [2.75, 3.05) is 7.11 Å². The number of nitrogens with zero attached hydrogens (tertiary/aromatic N) is 1. The molecule has 4 atom stereocenters. The predicted molar refractivity (Wildman–Crippen MR) is 149 cm³/mol. The molecule has 2 amide bonds. The van der Waals surface area contributed by atoms with Gasteiger partial charge in [-0.1, -0.05) is 50.2 Å². The minimum absolute atomic E-state index is 0.0165. The number of hydrogen-bond donors (Lipinski definition) is 4. The van der Waals surface area contributed by atoms with Crippen molar-refractivity contribution in [1.82, 2.24) is 15.6 Å². The Balaban J connectivity index is 1.80. The van der Waals surface area contributed by atoms with Gasteiger partial charge in [0.2, 0.25) is 5.91 Å². The number of carbonyl (C=O) groups excluding carboxylic acids is 4. The summed E-state index contributed by atoms with van der Waals surface area (Å²) in [6.07, 6.45) is -2.73. The number of aliphatic hydroxyl groups is 1. The number of rotatable bonds is 13. The normalized spacial score (nSPS) is 18.5. The van der Waals surface area contributed by atoms with Crippen LogP contribution < -0.4 is 10.6 Å². The van der Waals surface area contributed by atoms with Crippen molar-refractivity contribution in [2.24, 2.45) is 5.92 Å². The van der Waals surface area contributed by atoms with Gasteiger partial charge in [0.25, 0.3) is 5.91 Å². The van der Waals surface area contributed by atoms with Gasteiger partial charge in [0.05, 0.1) is 37.7 Å². The number of nitrogens with one attached hydrogen (secondary N) is 2. The summed E-state index contributed by atoms with van der Waals surface area (Å²) in [5.74, 6) is -6.01. The molecule has 2 heterocycles. The van der Waals surface area contributed by atoms with Gasteiger partial charge in [-0.05, 0) is 31.4 Å². The van der Waals surface area contributed by atoms with E-state index in [1.54, 1.807) is 12.1 Å². The summed E-state index contributed by atoms with van der Waals surface area (Å²) in [7, 11) is -0.378. The van der Waals surface area contributed by atoms with E-state index in [4.69, 9.17) is 9.31 Å². The minimum atomic E-state index is -2.16. The topological polar surface area (TPSA) is 190 Å². The highest BCUT2D eigenvalue weighted by Gasteiger charge is 2.58. The Morgan fingerprint density at radius 1 is 1.02 bits per heavy atom. The molecule has 1 aliphatic rings. The van der Waals surface area contributed by atoms with Crippen LogP contribution in [0.15, 0.2) is 48.5 Å². The maximum atomic E-state index is 13.4. The molecule has 14 heteroatoms. The number of aliphatic hydroxyl groups excluding tert-OH is 1. The number of ether oxygens (including phenoxy) is 1. The molecule has 1 aromatic heterocycles. The molecule has 0 spiro atoms. The highest BCUT2D eigenvalue weighted by molar-refractivity contribution is 6.51. The predicted octanol–water partition coefficient (Wildman–Crippen LogP) is 1.14. The molecule has 1 saturated heterocycles. The van der Waals surface area contributed by atoms with Gasteiger partial charge in [0.1, 0.15) is 11.7 Å². The van der Waals surface area contributed by atoms with Crippen LogP contribution in [0.2, 0.25) is 0 Å². The van der Waals surface area contributed by atoms with Crippen LogP contribution in [-0.4, -0.2) is 82.8 Å². The number of esters is 1. The van der Waals surface area contributed by atoms with Crippen LogP contribution in [-0.2, 0) is 33.2 Å². The fraction of sp³-hybridized carbons (Fsp3) is 0.429. The van der Waals surface area contributed by atoms with Gasteiger partial charge in [0.15, 0.2) is 5.60 Å². The van der Waals surface area contributed by atoms with Crippen LogP contribution >= 0.6 is 0 Å². The van der Waals surface area contributed by atoms with Gasteiger partial charge in [-0.25, -0.2) is 4.98 Å². The molecule has 0 saturated carbocycles. The zero-order valence-corrected chi connectivity index (χ0v) is 23.7. The summed E-state index contributed by atoms with van der Waals surface area (Å²) in [5.41, 5.74) is -0.819. The number of carbonyl (C=O) groups is 5. The third-order valence-corrected chi connectivity index (χ3v) is 6.52. The van der Waals surface area contributed by atoms with Gasteiger partial charge in [-0.15, -0.1) is 0 Å². The SMILES string of the molecule is COC(=O)C[C@@]1(CC(=O)O)OB([C@H](CC(C)C)NC(=O)C(NC(=O)c2cccc(-c3ccccc3)n2)[C@@H](C)O)OC1=O. The second kappa shape index (κ2) is 14.1. The summed E-state index contributed by atoms with van der Waals surface area (Å²) < 4.78 is 15.6. The van der Waals surface area contributed by atoms with E-state index in [0.717, 1.165) is 12.7 Å². The Morgan fingerprint density at radius 2 is 1.71 bits per heavy atom. The van der Waals surface area contributed by atoms with Crippen LogP contribution in [0.5, 0.6) is 0 Å². The number of aliphatic carboxylic acids is 1. The standard InChI is InChI=1S/C28H34BN3O10/c1-16(2)13-21(29-41-27(39)28(42-29,14-22(34)35)15-23(36)40-4)31-26(38)24(17(3)33)32-25(37)20-12-8-11-19(30-20)18-9-6-5-7-10-18/h5-12,16-17,21,24,33H,13-15H2,1-4H3,(H,31,38)(H,32,37)(H,34,35)/t17-,21+,24?,28-/m1/s1. The number of amides is 2. The Kier molecular flexibility index (Phi) is 10.8. The molecule has 0 bridgehead atoms. The van der Waals surface area contributed by atoms with Crippen LogP contribution in [0.1, 0.15) is 50.5 Å². The van der Waals surface area contributed by atoms with Crippen LogP contribution in [0.3, 0.4) is 0 Å². The molecule has 2 aromatic rings. The van der Waals surface area contributed by atoms with E-state index >= 15 is 0 Å². The lowest BCUT2D eigenvalue weighted by Gasteiger charge is -2.27. The fourth-order valence-electron chi connectivity index (χ4n) is 4.48. The average Bonchev–Trinajstić information content (AvgIpc) is 3.25. The summed E-state index contributed by atoms with van der Waals surface area (Å²) in [5, 5.41) is 24.9. The smallest absolute Gasteiger partial charge is 0.506 e. The first kappa shape index (κ1) is 32.2. The molecule has 0 aliphatic carbocycles. The molecule has 3 rings (SSSR count). The summed E-state index contributed by atoms with van der Waals surface area (Å²) in [4.78, 5) is 67.1. The van der Waals surface area contributed by atoms with E-state index in [1.807, 2.05) is 44.2 Å². The van der Waals surface area contributed by atoms with Crippen LogP contribution in [0, 0.1) is 5.92 Å². The van der Waals surface area contributed by atoms with Crippen molar-refractivity contribution >= 4 is 36.8 Å². The summed E-state index contributed by atoms with van der Waals surface area (Å²) in [6, 6.07) is 12.6. The molecule has 42 heavy (non-hydrogen) atoms. The van der Waals surface area contributed by atoms with Crippen molar-refractivity contribution in [1.29, 1.82) is 0 Å². The van der Waals surface area contributed by atoms with Gasteiger partial charge in [0, 0.05) is 5.56 Å². The van der Waals surface area contributed by atoms with E-state index in [-0.39, 0.29) is 18.0 Å². The van der Waals surface area contributed by atoms with Gasteiger partial charge in [-0.3, -0.25) is 24.0 Å². The van der Waals surface area contributed by atoms with Gasteiger partial charge in [-0.2, -0.15) is 0 Å². The summed E-state index contributed by atoms with van der Waals surface area (Å²) in [6.45, 7) is 4.97. The first-order valence-corrected chi connectivity index (χ1v) is 13.3. The molecule has 13 nitrogen and oxygen atoms in total. The van der Waals surface area contributed by atoms with Gasteiger partial charge >= 0.3 is 25.0 Å². The van der Waals surface area contributed by atoms with Crippen LogP contribution in [0.4, 0.5) is 0 Å². The largest absolute Gasteiger partial charge is 0.552 e. The minimum Gasteiger partial charge on any atom is -0.506 e. The lowest BCUT2D eigenvalue weighted by Crippen LogP contribution is -2.58. The number of aromatic nitrogens is 1. The quantitative estimate of drug-likeness (QED) is 0.195. The van der Waals surface area contributed by atoms with E-state index in [1.165, 1.54) is 13.0 Å². The van der Waals surface area contributed by atoms with Crippen molar-refractivity contribution in [3.8, 4) is 11.3 Å². The van der Waals surface area contributed by atoms with Crippen LogP contribution in [0.25, 0.3) is 11.3 Å². The molecular weight excluding hydrogens is 549 g/mol. The second-order valence-corrected chi connectivity index (χ2v) is 10.4. The van der Waals surface area contributed by atoms with E-state index < -0.39 is 73.4 Å². The Morgan fingerprint density at radius 3 is 2.31 bits per heavy atom. The molecule has 1 fully saturated rings. The Hall–Kier alpha value is -4.30.